The number of hydrogen-bond acceptors (Lipinski definition) is 6. The van der Waals surface area contributed by atoms with Crippen molar-refractivity contribution in [3.8, 4) is 5.88 Å². The van der Waals surface area contributed by atoms with Crippen molar-refractivity contribution in [2.24, 2.45) is 5.92 Å². The molecule has 0 bridgehead atoms. The van der Waals surface area contributed by atoms with Gasteiger partial charge in [0.1, 0.15) is 5.82 Å². The van der Waals surface area contributed by atoms with Gasteiger partial charge in [0.2, 0.25) is 11.9 Å². The molecule has 0 spiro atoms. The molecule has 31 heavy (non-hydrogen) atoms. The summed E-state index contributed by atoms with van der Waals surface area (Å²) in [7, 11) is 0. The maximum atomic E-state index is 11.9. The predicted octanol–water partition coefficient (Wildman–Crippen LogP) is 4.00. The summed E-state index contributed by atoms with van der Waals surface area (Å²) in [6.07, 6.45) is 10.1. The van der Waals surface area contributed by atoms with E-state index >= 15 is 0 Å². The van der Waals surface area contributed by atoms with Crippen LogP contribution in [0.25, 0.3) is 10.8 Å². The smallest absolute Gasteiger partial charge is 0.229 e. The molecule has 0 unspecified atom stereocenters. The minimum Gasteiger partial charge on any atom is -0.494 e. The summed E-state index contributed by atoms with van der Waals surface area (Å²) in [5.74, 6) is 2.48. The third kappa shape index (κ3) is 4.42. The molecule has 2 aliphatic rings. The molecule has 1 amide bonds. The highest BCUT2D eigenvalue weighted by atomic mass is 16.3. The van der Waals surface area contributed by atoms with E-state index in [1.54, 1.807) is 6.20 Å². The van der Waals surface area contributed by atoms with E-state index in [4.69, 9.17) is 4.98 Å². The van der Waals surface area contributed by atoms with Gasteiger partial charge < -0.3 is 26.0 Å². The third-order valence-electron chi connectivity index (χ3n) is 6.18. The van der Waals surface area contributed by atoms with E-state index in [1.807, 2.05) is 24.4 Å². The first kappa shape index (κ1) is 19.7. The molecule has 2 aromatic heterocycles. The van der Waals surface area contributed by atoms with E-state index in [1.165, 1.54) is 19.3 Å². The number of rotatable bonds is 9. The van der Waals surface area contributed by atoms with Gasteiger partial charge in [-0.15, -0.1) is 0 Å². The lowest BCUT2D eigenvalue weighted by atomic mass is 9.85. The van der Waals surface area contributed by atoms with Gasteiger partial charge in [0.15, 0.2) is 5.88 Å². The fourth-order valence-corrected chi connectivity index (χ4v) is 3.93. The summed E-state index contributed by atoms with van der Waals surface area (Å²) in [5, 5.41) is 21.3. The average molecular weight is 421 g/mol. The Balaban J connectivity index is 1.21. The number of carbonyl (C=O) groups excluding carboxylic acids is 1. The zero-order chi connectivity index (χ0) is 21.2. The molecular formula is C23H28N6O2. The Morgan fingerprint density at radius 1 is 1.19 bits per heavy atom. The van der Waals surface area contributed by atoms with Crippen molar-refractivity contribution in [2.45, 2.75) is 44.4 Å². The SMILES string of the molecule is O=C(NCCCNc1nc(Nc2ccc3c[nH]c(O)c3c2)ncc1C1CC1)C1CCC1. The molecule has 0 aliphatic heterocycles. The number of H-pyrrole nitrogens is 1. The maximum Gasteiger partial charge on any atom is 0.229 e. The van der Waals surface area contributed by atoms with Crippen molar-refractivity contribution >= 4 is 34.1 Å². The van der Waals surface area contributed by atoms with Crippen molar-refractivity contribution < 1.29 is 9.90 Å². The number of fused-ring (bicyclic) bond motifs is 1. The van der Waals surface area contributed by atoms with Crippen LogP contribution in [0.2, 0.25) is 0 Å². The van der Waals surface area contributed by atoms with Crippen LogP contribution in [0.15, 0.2) is 30.6 Å². The summed E-state index contributed by atoms with van der Waals surface area (Å²) >= 11 is 0. The van der Waals surface area contributed by atoms with Crippen LogP contribution in [0.5, 0.6) is 5.88 Å². The number of carbonyl (C=O) groups is 1. The average Bonchev–Trinajstić information content (AvgIpc) is 3.50. The van der Waals surface area contributed by atoms with Gasteiger partial charge in [-0.05, 0) is 50.2 Å². The topological polar surface area (TPSA) is 115 Å². The number of hydrogen-bond donors (Lipinski definition) is 5. The first-order valence-electron chi connectivity index (χ1n) is 11.1. The second-order valence-electron chi connectivity index (χ2n) is 8.54. The number of anilines is 3. The molecule has 5 N–H and O–H groups in total. The zero-order valence-corrected chi connectivity index (χ0v) is 17.4. The summed E-state index contributed by atoms with van der Waals surface area (Å²) < 4.78 is 0. The number of nitrogens with one attached hydrogen (secondary N) is 4. The van der Waals surface area contributed by atoms with E-state index in [2.05, 4.69) is 25.9 Å². The fourth-order valence-electron chi connectivity index (χ4n) is 3.93. The highest BCUT2D eigenvalue weighted by molar-refractivity contribution is 5.90. The van der Waals surface area contributed by atoms with Crippen LogP contribution in [-0.2, 0) is 4.79 Å². The first-order valence-corrected chi connectivity index (χ1v) is 11.1. The molecular weight excluding hydrogens is 392 g/mol. The minimum absolute atomic E-state index is 0.149. The number of benzene rings is 1. The highest BCUT2D eigenvalue weighted by Gasteiger charge is 2.28. The number of nitrogens with zero attached hydrogens (tertiary/aromatic N) is 2. The van der Waals surface area contributed by atoms with Gasteiger partial charge in [-0.1, -0.05) is 12.5 Å². The van der Waals surface area contributed by atoms with Gasteiger partial charge >= 0.3 is 0 Å². The van der Waals surface area contributed by atoms with E-state index in [0.717, 1.165) is 53.6 Å². The van der Waals surface area contributed by atoms with Crippen LogP contribution in [0.3, 0.4) is 0 Å². The third-order valence-corrected chi connectivity index (χ3v) is 6.18. The Morgan fingerprint density at radius 2 is 2.06 bits per heavy atom. The van der Waals surface area contributed by atoms with Gasteiger partial charge in [0, 0.05) is 53.4 Å². The van der Waals surface area contributed by atoms with Crippen molar-refractivity contribution in [3.05, 3.63) is 36.2 Å². The van der Waals surface area contributed by atoms with E-state index in [9.17, 15) is 9.90 Å². The Bertz CT molecular complexity index is 1090. The predicted molar refractivity (Wildman–Crippen MR) is 121 cm³/mol. The quantitative estimate of drug-likeness (QED) is 0.334. The fraction of sp³-hybridized carbons (Fsp3) is 0.435. The molecule has 2 saturated carbocycles. The van der Waals surface area contributed by atoms with Crippen molar-refractivity contribution in [2.75, 3.05) is 23.7 Å². The molecule has 2 fully saturated rings. The molecule has 1 aromatic carbocycles. The summed E-state index contributed by atoms with van der Waals surface area (Å²) in [4.78, 5) is 24.0. The number of aromatic hydroxyl groups is 1. The Hall–Kier alpha value is -3.29. The van der Waals surface area contributed by atoms with Crippen LogP contribution in [0, 0.1) is 5.92 Å². The molecule has 2 aliphatic carbocycles. The van der Waals surface area contributed by atoms with Crippen LogP contribution >= 0.6 is 0 Å². The lowest BCUT2D eigenvalue weighted by molar-refractivity contribution is -0.127. The molecule has 162 valence electrons. The van der Waals surface area contributed by atoms with Crippen LogP contribution in [0.4, 0.5) is 17.5 Å². The van der Waals surface area contributed by atoms with E-state index < -0.39 is 0 Å². The second-order valence-corrected chi connectivity index (χ2v) is 8.54. The van der Waals surface area contributed by atoms with Crippen molar-refractivity contribution in [1.82, 2.24) is 20.3 Å². The lowest BCUT2D eigenvalue weighted by Crippen LogP contribution is -2.35. The molecule has 0 atom stereocenters. The van der Waals surface area contributed by atoms with Gasteiger partial charge in [-0.25, -0.2) is 4.98 Å². The van der Waals surface area contributed by atoms with Gasteiger partial charge in [-0.2, -0.15) is 4.98 Å². The van der Waals surface area contributed by atoms with E-state index in [-0.39, 0.29) is 17.7 Å². The summed E-state index contributed by atoms with van der Waals surface area (Å²) in [6.45, 7) is 1.42. The molecule has 8 heteroatoms. The van der Waals surface area contributed by atoms with Crippen LogP contribution < -0.4 is 16.0 Å². The molecule has 8 nitrogen and oxygen atoms in total. The van der Waals surface area contributed by atoms with Crippen LogP contribution in [-0.4, -0.2) is 39.1 Å². The van der Waals surface area contributed by atoms with Crippen molar-refractivity contribution in [3.63, 3.8) is 0 Å². The first-order chi connectivity index (χ1) is 15.2. The van der Waals surface area contributed by atoms with Gasteiger partial charge in [-0.3, -0.25) is 4.79 Å². The molecule has 0 saturated heterocycles. The Kier molecular flexibility index (Phi) is 5.36. The lowest BCUT2D eigenvalue weighted by Gasteiger charge is -2.24. The minimum atomic E-state index is 0.149. The normalized spacial score (nSPS) is 16.1. The Morgan fingerprint density at radius 3 is 2.84 bits per heavy atom. The summed E-state index contributed by atoms with van der Waals surface area (Å²) in [5.41, 5.74) is 1.97. The number of aromatic nitrogens is 3. The van der Waals surface area contributed by atoms with Gasteiger partial charge in [0.25, 0.3) is 0 Å². The summed E-state index contributed by atoms with van der Waals surface area (Å²) in [6, 6.07) is 5.74. The van der Waals surface area contributed by atoms with Crippen LogP contribution in [0.1, 0.15) is 50.0 Å². The van der Waals surface area contributed by atoms with Crippen molar-refractivity contribution in [1.29, 1.82) is 0 Å². The monoisotopic (exact) mass is 420 g/mol. The highest BCUT2D eigenvalue weighted by Crippen LogP contribution is 2.43. The number of amides is 1. The van der Waals surface area contributed by atoms with Gasteiger partial charge in [0.05, 0.1) is 0 Å². The second kappa shape index (κ2) is 8.45. The standard InChI is InChI=1S/C23H28N6O2/c30-21(15-3-1-4-15)25-10-2-9-24-20-19(14-5-6-14)13-27-23(29-20)28-17-8-7-16-12-26-22(31)18(16)11-17/h7-8,11-15,26,31H,1-6,9-10H2,(H,25,30)(H2,24,27,28,29). The Labute approximate surface area is 180 Å². The molecule has 3 aromatic rings. The van der Waals surface area contributed by atoms with E-state index in [0.29, 0.717) is 18.4 Å². The zero-order valence-electron chi connectivity index (χ0n) is 17.4. The molecule has 0 radical (unpaired) electrons. The largest absolute Gasteiger partial charge is 0.494 e. The molecule has 5 rings (SSSR count). The maximum absolute atomic E-state index is 11.9. The molecule has 2 heterocycles. The number of aromatic amines is 1.